The molecular weight excluding hydrogens is 467 g/mol. The predicted octanol–water partition coefficient (Wildman–Crippen LogP) is 6.51. The number of hydrogen-bond acceptors (Lipinski definition) is 4. The topological polar surface area (TPSA) is 41.9 Å². The van der Waals surface area contributed by atoms with E-state index in [0.29, 0.717) is 45.7 Å². The Morgan fingerprint density at radius 2 is 1.68 bits per heavy atom. The highest BCUT2D eigenvalue weighted by Gasteiger charge is 2.38. The molecule has 1 N–H and O–H groups in total. The fourth-order valence-corrected chi connectivity index (χ4v) is 4.28. The summed E-state index contributed by atoms with van der Waals surface area (Å²) in [5.74, 6) is 0.833. The maximum atomic E-state index is 13.2. The van der Waals surface area contributed by atoms with Crippen LogP contribution in [0.2, 0.25) is 5.02 Å². The van der Waals surface area contributed by atoms with Gasteiger partial charge in [0.1, 0.15) is 12.4 Å². The number of benzene rings is 2. The Bertz CT molecular complexity index is 942. The lowest BCUT2D eigenvalue weighted by atomic mass is 9.83. The van der Waals surface area contributed by atoms with Gasteiger partial charge in [0.2, 0.25) is 0 Å². The molecule has 0 unspecified atom stereocenters. The number of alkyl halides is 3. The highest BCUT2D eigenvalue weighted by atomic mass is 35.5. The molecular formula is C26H35ClF3NO3. The van der Waals surface area contributed by atoms with E-state index in [-0.39, 0.29) is 10.6 Å². The molecule has 2 aromatic rings. The Morgan fingerprint density at radius 1 is 1.03 bits per heavy atom. The van der Waals surface area contributed by atoms with Gasteiger partial charge in [0.15, 0.2) is 0 Å². The number of nitrogens with zero attached hydrogens (tertiary/aromatic N) is 1. The molecule has 8 heteroatoms. The van der Waals surface area contributed by atoms with Gasteiger partial charge >= 0.3 is 6.18 Å². The Labute approximate surface area is 205 Å². The Balaban J connectivity index is 0.00000199. The normalized spacial score (nSPS) is 16.1. The minimum Gasteiger partial charge on any atom is -0.491 e. The van der Waals surface area contributed by atoms with Crippen molar-refractivity contribution in [1.82, 2.24) is 4.90 Å². The highest BCUT2D eigenvalue weighted by molar-refractivity contribution is 6.31. The zero-order valence-corrected chi connectivity index (χ0v) is 21.3. The summed E-state index contributed by atoms with van der Waals surface area (Å²) in [5, 5.41) is 10.7. The number of rotatable bonds is 7. The maximum absolute atomic E-state index is 13.2. The molecule has 0 spiro atoms. The molecule has 0 bridgehead atoms. The van der Waals surface area contributed by atoms with E-state index < -0.39 is 17.3 Å². The van der Waals surface area contributed by atoms with Crippen LogP contribution >= 0.6 is 11.6 Å². The summed E-state index contributed by atoms with van der Waals surface area (Å²) in [7, 11) is 1.63. The van der Waals surface area contributed by atoms with Crippen LogP contribution in [0.5, 0.6) is 5.75 Å². The van der Waals surface area contributed by atoms with Crippen LogP contribution in [-0.2, 0) is 23.1 Å². The lowest BCUT2D eigenvalue weighted by Gasteiger charge is -2.39. The predicted molar refractivity (Wildman–Crippen MR) is 129 cm³/mol. The van der Waals surface area contributed by atoms with Crippen molar-refractivity contribution in [3.63, 3.8) is 0 Å². The molecule has 4 nitrogen and oxygen atoms in total. The van der Waals surface area contributed by atoms with E-state index in [1.807, 2.05) is 32.9 Å². The maximum Gasteiger partial charge on any atom is 0.417 e. The SMILES string of the molecule is CC.COCCOc1ccc(CN2CCC(O)(c3ccc(Cl)c(C(F)(F)F)c3)CC2)c(C)c1C. The Morgan fingerprint density at radius 3 is 2.26 bits per heavy atom. The number of methoxy groups -OCH3 is 1. The first-order valence-corrected chi connectivity index (χ1v) is 12.0. The summed E-state index contributed by atoms with van der Waals surface area (Å²) < 4.78 is 50.4. The second-order valence-electron chi connectivity index (χ2n) is 8.31. The molecule has 190 valence electrons. The zero-order valence-electron chi connectivity index (χ0n) is 20.6. The summed E-state index contributed by atoms with van der Waals surface area (Å²) in [4.78, 5) is 2.21. The van der Waals surface area contributed by atoms with Crippen LogP contribution in [0.3, 0.4) is 0 Å². The lowest BCUT2D eigenvalue weighted by molar-refractivity contribution is -0.137. The number of hydrogen-bond donors (Lipinski definition) is 1. The van der Waals surface area contributed by atoms with Crippen LogP contribution in [0.1, 0.15) is 54.5 Å². The van der Waals surface area contributed by atoms with E-state index in [1.54, 1.807) is 7.11 Å². The van der Waals surface area contributed by atoms with Crippen LogP contribution in [0.4, 0.5) is 13.2 Å². The van der Waals surface area contributed by atoms with Crippen LogP contribution in [0, 0.1) is 13.8 Å². The zero-order chi connectivity index (χ0) is 25.5. The third kappa shape index (κ3) is 6.87. The van der Waals surface area contributed by atoms with Crippen LogP contribution in [0.15, 0.2) is 30.3 Å². The molecule has 1 aliphatic rings. The van der Waals surface area contributed by atoms with Crippen molar-refractivity contribution >= 4 is 11.6 Å². The molecule has 3 rings (SSSR count). The third-order valence-electron chi connectivity index (χ3n) is 6.28. The summed E-state index contributed by atoms with van der Waals surface area (Å²) >= 11 is 5.73. The molecule has 0 aliphatic carbocycles. The van der Waals surface area contributed by atoms with E-state index in [1.165, 1.54) is 12.1 Å². The molecule has 1 saturated heterocycles. The van der Waals surface area contributed by atoms with Crippen molar-refractivity contribution in [3.8, 4) is 5.75 Å². The molecule has 0 amide bonds. The van der Waals surface area contributed by atoms with E-state index in [4.69, 9.17) is 21.1 Å². The fourth-order valence-electron chi connectivity index (χ4n) is 4.06. The quantitative estimate of drug-likeness (QED) is 0.439. The first-order valence-electron chi connectivity index (χ1n) is 11.6. The van der Waals surface area contributed by atoms with Crippen LogP contribution < -0.4 is 4.74 Å². The average Bonchev–Trinajstić information content (AvgIpc) is 2.81. The molecule has 2 aromatic carbocycles. The van der Waals surface area contributed by atoms with Crippen molar-refractivity contribution in [2.24, 2.45) is 0 Å². The summed E-state index contributed by atoms with van der Waals surface area (Å²) in [6.07, 6.45) is -3.86. The number of aliphatic hydroxyl groups is 1. The van der Waals surface area contributed by atoms with E-state index in [9.17, 15) is 18.3 Å². The Hall–Kier alpha value is -1.80. The van der Waals surface area contributed by atoms with Gasteiger partial charge in [0.05, 0.1) is 22.8 Å². The summed E-state index contributed by atoms with van der Waals surface area (Å²) in [5.41, 5.74) is 1.44. The number of piperidine rings is 1. The summed E-state index contributed by atoms with van der Waals surface area (Å²) in [6, 6.07) is 7.68. The largest absolute Gasteiger partial charge is 0.491 e. The van der Waals surface area contributed by atoms with Crippen molar-refractivity contribution in [1.29, 1.82) is 0 Å². The number of likely N-dealkylation sites (tertiary alicyclic amines) is 1. The van der Waals surface area contributed by atoms with Crippen molar-refractivity contribution < 1.29 is 27.8 Å². The van der Waals surface area contributed by atoms with Crippen LogP contribution in [-0.4, -0.2) is 43.4 Å². The lowest BCUT2D eigenvalue weighted by Crippen LogP contribution is -2.42. The molecule has 0 saturated carbocycles. The smallest absolute Gasteiger partial charge is 0.417 e. The van der Waals surface area contributed by atoms with Gasteiger partial charge in [0, 0.05) is 26.7 Å². The molecule has 0 radical (unpaired) electrons. The first-order chi connectivity index (χ1) is 16.0. The van der Waals surface area contributed by atoms with Gasteiger partial charge in [0.25, 0.3) is 0 Å². The molecule has 1 fully saturated rings. The van der Waals surface area contributed by atoms with E-state index >= 15 is 0 Å². The van der Waals surface area contributed by atoms with Gasteiger partial charge < -0.3 is 14.6 Å². The number of halogens is 4. The average molecular weight is 502 g/mol. The minimum atomic E-state index is -4.56. The van der Waals surface area contributed by atoms with Gasteiger partial charge in [-0.05, 0) is 67.1 Å². The van der Waals surface area contributed by atoms with E-state index in [0.717, 1.165) is 28.5 Å². The number of ether oxygens (including phenoxy) is 2. The van der Waals surface area contributed by atoms with E-state index in [2.05, 4.69) is 11.8 Å². The fraction of sp³-hybridized carbons (Fsp3) is 0.538. The second-order valence-corrected chi connectivity index (χ2v) is 8.72. The van der Waals surface area contributed by atoms with Gasteiger partial charge in [-0.3, -0.25) is 4.90 Å². The first kappa shape index (κ1) is 28.4. The van der Waals surface area contributed by atoms with Gasteiger partial charge in [-0.15, -0.1) is 0 Å². The second kappa shape index (κ2) is 12.2. The third-order valence-corrected chi connectivity index (χ3v) is 6.61. The Kier molecular flexibility index (Phi) is 10.2. The van der Waals surface area contributed by atoms with Crippen molar-refractivity contribution in [3.05, 3.63) is 63.2 Å². The highest BCUT2D eigenvalue weighted by Crippen LogP contribution is 2.40. The standard InChI is InChI=1S/C24H29ClF3NO3.C2H6/c1-16-17(2)22(32-13-12-31-3)7-4-18(16)15-29-10-8-23(30,9-11-29)19-5-6-21(25)20(14-19)24(26,27)28;1-2/h4-7,14,30H,8-13,15H2,1-3H3;1-2H3. The molecule has 1 aliphatic heterocycles. The monoisotopic (exact) mass is 501 g/mol. The van der Waals surface area contributed by atoms with Crippen molar-refractivity contribution in [2.45, 2.75) is 58.9 Å². The minimum absolute atomic E-state index is 0.262. The van der Waals surface area contributed by atoms with Crippen LogP contribution in [0.25, 0.3) is 0 Å². The van der Waals surface area contributed by atoms with Gasteiger partial charge in [-0.25, -0.2) is 0 Å². The summed E-state index contributed by atoms with van der Waals surface area (Å²) in [6.45, 7) is 10.9. The van der Waals surface area contributed by atoms with Gasteiger partial charge in [-0.1, -0.05) is 37.6 Å². The molecule has 34 heavy (non-hydrogen) atoms. The van der Waals surface area contributed by atoms with Crippen molar-refractivity contribution in [2.75, 3.05) is 33.4 Å². The molecule has 0 aromatic heterocycles. The van der Waals surface area contributed by atoms with Gasteiger partial charge in [-0.2, -0.15) is 13.2 Å². The molecule has 1 heterocycles. The molecule has 0 atom stereocenters.